The van der Waals surface area contributed by atoms with Crippen molar-refractivity contribution in [1.82, 2.24) is 14.9 Å². The molecule has 0 aliphatic carbocycles. The highest BCUT2D eigenvalue weighted by Gasteiger charge is 2.28. The Morgan fingerprint density at radius 2 is 1.82 bits per heavy atom. The number of piperidine rings is 1. The standard InChI is InChI=1S/C29H35F2N5O2/c1-20(19-37-2)32-28-29(36-14-10-23(11-15-36)38-27-9-8-22(30)16-24(27)31)34-25-12-13-35(18-26(25)33-28)17-21-6-4-3-5-7-21/h3-9,16,20,23H,10-15,17-19H2,1-2H3,(H,32,33). The van der Waals surface area contributed by atoms with Gasteiger partial charge in [-0.2, -0.15) is 0 Å². The SMILES string of the molecule is COCC(C)Nc1nc2c(nc1N1CCC(Oc3ccc(F)cc3F)CC1)CCN(Cc1ccccc1)C2. The van der Waals surface area contributed by atoms with Gasteiger partial charge in [-0.05, 0) is 24.6 Å². The van der Waals surface area contributed by atoms with Crippen LogP contribution in [0.5, 0.6) is 5.75 Å². The van der Waals surface area contributed by atoms with E-state index in [2.05, 4.69) is 46.3 Å². The minimum absolute atomic E-state index is 0.0671. The molecule has 3 aromatic rings. The third-order valence-corrected chi connectivity index (χ3v) is 7.05. The maximum atomic E-state index is 14.1. The number of fused-ring (bicyclic) bond motifs is 1. The third kappa shape index (κ3) is 6.39. The minimum Gasteiger partial charge on any atom is -0.487 e. The van der Waals surface area contributed by atoms with Gasteiger partial charge >= 0.3 is 0 Å². The lowest BCUT2D eigenvalue weighted by Gasteiger charge is -2.35. The second kappa shape index (κ2) is 12.0. The van der Waals surface area contributed by atoms with Gasteiger partial charge in [0, 0.05) is 71.2 Å². The number of aromatic nitrogens is 2. The van der Waals surface area contributed by atoms with Gasteiger partial charge in [0.25, 0.3) is 0 Å². The maximum Gasteiger partial charge on any atom is 0.172 e. The summed E-state index contributed by atoms with van der Waals surface area (Å²) < 4.78 is 38.5. The van der Waals surface area contributed by atoms with Gasteiger partial charge in [0.1, 0.15) is 11.9 Å². The van der Waals surface area contributed by atoms with Crippen molar-refractivity contribution in [1.29, 1.82) is 0 Å². The highest BCUT2D eigenvalue weighted by molar-refractivity contribution is 5.62. The number of benzene rings is 2. The summed E-state index contributed by atoms with van der Waals surface area (Å²) in [6.45, 7) is 6.59. The van der Waals surface area contributed by atoms with E-state index in [1.54, 1.807) is 7.11 Å². The van der Waals surface area contributed by atoms with Crippen LogP contribution >= 0.6 is 0 Å². The number of anilines is 2. The van der Waals surface area contributed by atoms with E-state index in [1.165, 1.54) is 17.7 Å². The highest BCUT2D eigenvalue weighted by Crippen LogP contribution is 2.31. The van der Waals surface area contributed by atoms with Gasteiger partial charge in [-0.15, -0.1) is 0 Å². The van der Waals surface area contributed by atoms with E-state index in [0.717, 1.165) is 55.1 Å². The second-order valence-electron chi connectivity index (χ2n) is 10.1. The molecule has 2 aliphatic heterocycles. The van der Waals surface area contributed by atoms with Crippen molar-refractivity contribution in [2.45, 2.75) is 51.4 Å². The Morgan fingerprint density at radius 1 is 1.03 bits per heavy atom. The quantitative estimate of drug-likeness (QED) is 0.432. The van der Waals surface area contributed by atoms with Crippen LogP contribution in [0.15, 0.2) is 48.5 Å². The predicted molar refractivity (Wildman–Crippen MR) is 143 cm³/mol. The first kappa shape index (κ1) is 26.3. The molecule has 202 valence electrons. The number of ether oxygens (including phenoxy) is 2. The molecule has 1 unspecified atom stereocenters. The number of hydrogen-bond acceptors (Lipinski definition) is 7. The molecule has 0 spiro atoms. The fourth-order valence-electron chi connectivity index (χ4n) is 5.13. The van der Waals surface area contributed by atoms with Gasteiger partial charge in [0.05, 0.1) is 18.0 Å². The van der Waals surface area contributed by atoms with Crippen LogP contribution < -0.4 is 15.0 Å². The van der Waals surface area contributed by atoms with E-state index in [1.807, 2.05) is 6.07 Å². The Morgan fingerprint density at radius 3 is 2.55 bits per heavy atom. The molecule has 0 saturated carbocycles. The summed E-state index contributed by atoms with van der Waals surface area (Å²) in [5, 5.41) is 3.51. The minimum atomic E-state index is -0.673. The Hall–Kier alpha value is -3.30. The molecule has 38 heavy (non-hydrogen) atoms. The average Bonchev–Trinajstić information content (AvgIpc) is 2.91. The van der Waals surface area contributed by atoms with E-state index >= 15 is 0 Å². The van der Waals surface area contributed by atoms with Crippen LogP contribution in [0.2, 0.25) is 0 Å². The normalized spacial score (nSPS) is 17.2. The lowest BCUT2D eigenvalue weighted by molar-refractivity contribution is 0.163. The van der Waals surface area contributed by atoms with Gasteiger partial charge in [-0.3, -0.25) is 4.90 Å². The van der Waals surface area contributed by atoms with Gasteiger partial charge in [-0.25, -0.2) is 18.7 Å². The number of rotatable bonds is 9. The summed E-state index contributed by atoms with van der Waals surface area (Å²) in [5.41, 5.74) is 3.34. The molecule has 2 aliphatic rings. The Kier molecular flexibility index (Phi) is 8.34. The number of hydrogen-bond donors (Lipinski definition) is 1. The van der Waals surface area contributed by atoms with Crippen LogP contribution in [0.25, 0.3) is 0 Å². The largest absolute Gasteiger partial charge is 0.487 e. The number of nitrogens with one attached hydrogen (secondary N) is 1. The van der Waals surface area contributed by atoms with Gasteiger partial charge in [-0.1, -0.05) is 30.3 Å². The number of nitrogens with zero attached hydrogens (tertiary/aromatic N) is 4. The summed E-state index contributed by atoms with van der Waals surface area (Å²) in [4.78, 5) is 14.8. The molecule has 7 nitrogen and oxygen atoms in total. The monoisotopic (exact) mass is 523 g/mol. The zero-order chi connectivity index (χ0) is 26.5. The molecule has 9 heteroatoms. The lowest BCUT2D eigenvalue weighted by Crippen LogP contribution is -2.40. The first-order valence-corrected chi connectivity index (χ1v) is 13.3. The van der Waals surface area contributed by atoms with Crippen LogP contribution in [0, 0.1) is 11.6 Å². The van der Waals surface area contributed by atoms with Crippen molar-refractivity contribution in [3.8, 4) is 5.75 Å². The van der Waals surface area contributed by atoms with Crippen LogP contribution in [-0.2, 0) is 24.2 Å². The van der Waals surface area contributed by atoms with Crippen molar-refractivity contribution in [3.05, 3.63) is 77.1 Å². The second-order valence-corrected chi connectivity index (χ2v) is 10.1. The number of methoxy groups -OCH3 is 1. The summed E-state index contributed by atoms with van der Waals surface area (Å²) in [6, 6.07) is 14.0. The van der Waals surface area contributed by atoms with Gasteiger partial charge in [0.15, 0.2) is 23.2 Å². The van der Waals surface area contributed by atoms with E-state index in [9.17, 15) is 8.78 Å². The smallest absolute Gasteiger partial charge is 0.172 e. The molecule has 0 amide bonds. The molecule has 0 bridgehead atoms. The molecule has 3 heterocycles. The zero-order valence-corrected chi connectivity index (χ0v) is 22.0. The van der Waals surface area contributed by atoms with Crippen LogP contribution in [-0.4, -0.2) is 60.4 Å². The van der Waals surface area contributed by atoms with Gasteiger partial charge in [0.2, 0.25) is 0 Å². The molecule has 1 aromatic heterocycles. The zero-order valence-electron chi connectivity index (χ0n) is 22.0. The van der Waals surface area contributed by atoms with E-state index in [0.29, 0.717) is 32.5 Å². The number of halogens is 2. The summed E-state index contributed by atoms with van der Waals surface area (Å²) in [6.07, 6.45) is 2.10. The molecular weight excluding hydrogens is 488 g/mol. The molecule has 1 N–H and O–H groups in total. The predicted octanol–water partition coefficient (Wildman–Crippen LogP) is 4.81. The van der Waals surface area contributed by atoms with Gasteiger partial charge < -0.3 is 19.7 Å². The Labute approximate surface area is 222 Å². The molecule has 5 rings (SSSR count). The molecule has 0 radical (unpaired) electrons. The third-order valence-electron chi connectivity index (χ3n) is 7.05. The van der Waals surface area contributed by atoms with Crippen molar-refractivity contribution < 1.29 is 18.3 Å². The highest BCUT2D eigenvalue weighted by atomic mass is 19.1. The van der Waals surface area contributed by atoms with Crippen LogP contribution in [0.1, 0.15) is 36.7 Å². The first-order valence-electron chi connectivity index (χ1n) is 13.3. The van der Waals surface area contributed by atoms with Crippen molar-refractivity contribution >= 4 is 11.6 Å². The van der Waals surface area contributed by atoms with Crippen molar-refractivity contribution in [3.63, 3.8) is 0 Å². The van der Waals surface area contributed by atoms with E-state index < -0.39 is 11.6 Å². The molecular formula is C29H35F2N5O2. The first-order chi connectivity index (χ1) is 18.5. The molecule has 2 aromatic carbocycles. The topological polar surface area (TPSA) is 62.8 Å². The summed E-state index contributed by atoms with van der Waals surface area (Å²) >= 11 is 0. The van der Waals surface area contributed by atoms with E-state index in [-0.39, 0.29) is 17.9 Å². The maximum absolute atomic E-state index is 14.1. The fourth-order valence-corrected chi connectivity index (χ4v) is 5.13. The molecule has 1 fully saturated rings. The summed E-state index contributed by atoms with van der Waals surface area (Å²) in [5.74, 6) is 0.414. The molecule has 1 atom stereocenters. The van der Waals surface area contributed by atoms with Crippen LogP contribution in [0.4, 0.5) is 20.4 Å². The van der Waals surface area contributed by atoms with Crippen molar-refractivity contribution in [2.24, 2.45) is 0 Å². The molecule has 1 saturated heterocycles. The summed E-state index contributed by atoms with van der Waals surface area (Å²) in [7, 11) is 1.69. The Balaban J connectivity index is 1.30. The lowest BCUT2D eigenvalue weighted by atomic mass is 10.1. The Bertz CT molecular complexity index is 1220. The average molecular weight is 524 g/mol. The fraction of sp³-hybridized carbons (Fsp3) is 0.448. The van der Waals surface area contributed by atoms with Crippen LogP contribution in [0.3, 0.4) is 0 Å². The van der Waals surface area contributed by atoms with E-state index in [4.69, 9.17) is 19.4 Å². The van der Waals surface area contributed by atoms with Crippen molar-refractivity contribution in [2.75, 3.05) is 43.6 Å².